The Morgan fingerprint density at radius 3 is 2.81 bits per heavy atom. The molecule has 1 fully saturated rings. The SMILES string of the molecule is C=CC(=O)Cc1ccccc1Nc1nc(Nc2ccc(N3CCC[C@@H]3C(N)=O)cc2C#N)ncc1Cl. The molecule has 2 aromatic carbocycles. The van der Waals surface area contributed by atoms with Gasteiger partial charge in [-0.25, -0.2) is 4.98 Å². The van der Waals surface area contributed by atoms with Crippen molar-refractivity contribution in [3.8, 4) is 6.07 Å². The molecular formula is C26H24ClN7O2. The summed E-state index contributed by atoms with van der Waals surface area (Å²) in [7, 11) is 0. The molecule has 4 N–H and O–H groups in total. The van der Waals surface area contributed by atoms with Crippen molar-refractivity contribution >= 4 is 52.1 Å². The number of primary amides is 1. The van der Waals surface area contributed by atoms with Crippen molar-refractivity contribution in [2.75, 3.05) is 22.1 Å². The highest BCUT2D eigenvalue weighted by atomic mass is 35.5. The van der Waals surface area contributed by atoms with Crippen LogP contribution in [-0.4, -0.2) is 34.2 Å². The van der Waals surface area contributed by atoms with Gasteiger partial charge < -0.3 is 21.3 Å². The van der Waals surface area contributed by atoms with E-state index in [0.29, 0.717) is 35.7 Å². The highest BCUT2D eigenvalue weighted by Crippen LogP contribution is 2.31. The lowest BCUT2D eigenvalue weighted by atomic mass is 10.1. The standard InChI is InChI=1S/C26H24ClN7O2/c1-2-19(35)13-16-6-3-4-7-21(16)31-25-20(27)15-30-26(33-25)32-22-10-9-18(12-17(22)14-28)34-11-5-8-23(34)24(29)36/h2-4,6-7,9-10,12,15,23H,1,5,8,11,13H2,(H2,29,36)(H2,30,31,32,33)/t23-/m1/s1. The van der Waals surface area contributed by atoms with E-state index in [-0.39, 0.29) is 35.1 Å². The summed E-state index contributed by atoms with van der Waals surface area (Å²) in [6, 6.07) is 14.4. The van der Waals surface area contributed by atoms with Gasteiger partial charge >= 0.3 is 0 Å². The van der Waals surface area contributed by atoms with Gasteiger partial charge in [-0.1, -0.05) is 36.4 Å². The minimum Gasteiger partial charge on any atom is -0.368 e. The number of nitrogens with two attached hydrogens (primary N) is 1. The van der Waals surface area contributed by atoms with Gasteiger partial charge in [0.1, 0.15) is 17.1 Å². The van der Waals surface area contributed by atoms with Crippen LogP contribution in [0.5, 0.6) is 0 Å². The zero-order valence-corrected chi connectivity index (χ0v) is 20.1. The van der Waals surface area contributed by atoms with Crippen LogP contribution in [0.1, 0.15) is 24.0 Å². The second-order valence-corrected chi connectivity index (χ2v) is 8.65. The quantitative estimate of drug-likeness (QED) is 0.370. The Balaban J connectivity index is 1.57. The minimum absolute atomic E-state index is 0.107. The van der Waals surface area contributed by atoms with Gasteiger partial charge in [0.25, 0.3) is 0 Å². The molecule has 4 rings (SSSR count). The van der Waals surface area contributed by atoms with Gasteiger partial charge in [-0.05, 0) is 48.7 Å². The number of halogens is 1. The van der Waals surface area contributed by atoms with Gasteiger partial charge in [-0.15, -0.1) is 0 Å². The van der Waals surface area contributed by atoms with E-state index in [1.54, 1.807) is 12.1 Å². The van der Waals surface area contributed by atoms with E-state index in [9.17, 15) is 14.9 Å². The lowest BCUT2D eigenvalue weighted by molar-refractivity contribution is -0.119. The van der Waals surface area contributed by atoms with Crippen molar-refractivity contribution < 1.29 is 9.59 Å². The second kappa shape index (κ2) is 10.9. The highest BCUT2D eigenvalue weighted by molar-refractivity contribution is 6.33. The number of ketones is 1. The Morgan fingerprint density at radius 1 is 1.25 bits per heavy atom. The summed E-state index contributed by atoms with van der Waals surface area (Å²) in [6.45, 7) is 4.22. The first kappa shape index (κ1) is 24.7. The summed E-state index contributed by atoms with van der Waals surface area (Å²) in [5.74, 6) is 0.0772. The number of nitriles is 1. The van der Waals surface area contributed by atoms with Gasteiger partial charge in [-0.2, -0.15) is 10.2 Å². The molecular weight excluding hydrogens is 478 g/mol. The van der Waals surface area contributed by atoms with E-state index in [4.69, 9.17) is 17.3 Å². The fourth-order valence-electron chi connectivity index (χ4n) is 4.10. The van der Waals surface area contributed by atoms with Crippen molar-refractivity contribution in [3.05, 3.63) is 77.5 Å². The largest absolute Gasteiger partial charge is 0.368 e. The van der Waals surface area contributed by atoms with Crippen molar-refractivity contribution in [2.24, 2.45) is 5.73 Å². The summed E-state index contributed by atoms with van der Waals surface area (Å²) in [5, 5.41) is 16.3. The third-order valence-corrected chi connectivity index (χ3v) is 6.17. The predicted octanol–water partition coefficient (Wildman–Crippen LogP) is 4.24. The molecule has 0 aliphatic carbocycles. The Labute approximate surface area is 213 Å². The number of anilines is 5. The predicted molar refractivity (Wildman–Crippen MR) is 140 cm³/mol. The Morgan fingerprint density at radius 2 is 2.06 bits per heavy atom. The van der Waals surface area contributed by atoms with Crippen LogP contribution in [0.3, 0.4) is 0 Å². The molecule has 9 nitrogen and oxygen atoms in total. The molecule has 1 aromatic heterocycles. The average Bonchev–Trinajstić information content (AvgIpc) is 3.38. The van der Waals surface area contributed by atoms with E-state index < -0.39 is 0 Å². The van der Waals surface area contributed by atoms with Crippen molar-refractivity contribution in [1.82, 2.24) is 9.97 Å². The van der Waals surface area contributed by atoms with E-state index in [1.165, 1.54) is 12.3 Å². The van der Waals surface area contributed by atoms with E-state index in [1.807, 2.05) is 35.2 Å². The summed E-state index contributed by atoms with van der Waals surface area (Å²) < 4.78 is 0. The number of carbonyl (C=O) groups is 2. The Kier molecular flexibility index (Phi) is 7.47. The number of aromatic nitrogens is 2. The van der Waals surface area contributed by atoms with Crippen LogP contribution in [0.2, 0.25) is 5.02 Å². The van der Waals surface area contributed by atoms with E-state index in [0.717, 1.165) is 17.7 Å². The molecule has 0 unspecified atom stereocenters. The number of hydrogen-bond donors (Lipinski definition) is 3. The molecule has 1 aliphatic rings. The number of benzene rings is 2. The van der Waals surface area contributed by atoms with Crippen LogP contribution in [-0.2, 0) is 16.0 Å². The third-order valence-electron chi connectivity index (χ3n) is 5.89. The van der Waals surface area contributed by atoms with E-state index in [2.05, 4.69) is 33.2 Å². The summed E-state index contributed by atoms with van der Waals surface area (Å²) in [4.78, 5) is 34.3. The molecule has 3 aromatic rings. The molecule has 182 valence electrons. The molecule has 1 atom stereocenters. The zero-order chi connectivity index (χ0) is 25.7. The molecule has 0 bridgehead atoms. The second-order valence-electron chi connectivity index (χ2n) is 8.24. The molecule has 0 radical (unpaired) electrons. The number of rotatable bonds is 9. The number of hydrogen-bond acceptors (Lipinski definition) is 8. The maximum Gasteiger partial charge on any atom is 0.240 e. The van der Waals surface area contributed by atoms with Crippen LogP contribution in [0.15, 0.2) is 61.3 Å². The molecule has 0 spiro atoms. The number of nitrogens with one attached hydrogen (secondary N) is 2. The highest BCUT2D eigenvalue weighted by Gasteiger charge is 2.29. The number of amides is 1. The molecule has 1 amide bonds. The molecule has 10 heteroatoms. The fraction of sp³-hybridized carbons (Fsp3) is 0.192. The number of para-hydroxylation sites is 1. The Bertz CT molecular complexity index is 1370. The van der Waals surface area contributed by atoms with E-state index >= 15 is 0 Å². The first-order chi connectivity index (χ1) is 17.4. The molecule has 1 aliphatic heterocycles. The van der Waals surface area contributed by atoms with Gasteiger partial charge in [0.15, 0.2) is 11.6 Å². The molecule has 0 saturated carbocycles. The molecule has 36 heavy (non-hydrogen) atoms. The first-order valence-corrected chi connectivity index (χ1v) is 11.7. The lowest BCUT2D eigenvalue weighted by Crippen LogP contribution is -2.40. The van der Waals surface area contributed by atoms with Crippen molar-refractivity contribution in [3.63, 3.8) is 0 Å². The molecule has 1 saturated heterocycles. The third kappa shape index (κ3) is 5.45. The monoisotopic (exact) mass is 501 g/mol. The van der Waals surface area contributed by atoms with Gasteiger partial charge in [-0.3, -0.25) is 9.59 Å². The van der Waals surface area contributed by atoms with Crippen LogP contribution in [0, 0.1) is 11.3 Å². The fourth-order valence-corrected chi connectivity index (χ4v) is 4.24. The number of carbonyl (C=O) groups excluding carboxylic acids is 2. The smallest absolute Gasteiger partial charge is 0.240 e. The van der Waals surface area contributed by atoms with Crippen molar-refractivity contribution in [1.29, 1.82) is 5.26 Å². The van der Waals surface area contributed by atoms with Crippen LogP contribution < -0.4 is 21.3 Å². The van der Waals surface area contributed by atoms with Crippen LogP contribution in [0.4, 0.5) is 28.8 Å². The van der Waals surface area contributed by atoms with Gasteiger partial charge in [0, 0.05) is 24.3 Å². The van der Waals surface area contributed by atoms with Gasteiger partial charge in [0.2, 0.25) is 11.9 Å². The topological polar surface area (TPSA) is 137 Å². The average molecular weight is 502 g/mol. The zero-order valence-electron chi connectivity index (χ0n) is 19.4. The van der Waals surface area contributed by atoms with Crippen LogP contribution in [0.25, 0.3) is 0 Å². The van der Waals surface area contributed by atoms with Gasteiger partial charge in [0.05, 0.1) is 17.4 Å². The summed E-state index contributed by atoms with van der Waals surface area (Å²) >= 11 is 6.33. The first-order valence-electron chi connectivity index (χ1n) is 11.3. The molecule has 2 heterocycles. The Hall–Kier alpha value is -4.42. The normalized spacial score (nSPS) is 14.7. The minimum atomic E-state index is -0.381. The summed E-state index contributed by atoms with van der Waals surface area (Å²) in [6.07, 6.45) is 4.46. The van der Waals surface area contributed by atoms with Crippen LogP contribution >= 0.6 is 11.6 Å². The number of allylic oxidation sites excluding steroid dienone is 1. The van der Waals surface area contributed by atoms with Crippen molar-refractivity contribution in [2.45, 2.75) is 25.3 Å². The number of nitrogens with zero attached hydrogens (tertiary/aromatic N) is 4. The summed E-state index contributed by atoms with van der Waals surface area (Å²) in [5.41, 5.74) is 8.60. The maximum absolute atomic E-state index is 11.9. The lowest BCUT2D eigenvalue weighted by Gasteiger charge is -2.25. The maximum atomic E-state index is 11.9.